The number of imidazole rings is 1. The molecule has 2 aromatic heterocycles. The molecule has 2 rings (SSSR count). The molecule has 2 N–H and O–H groups in total. The van der Waals surface area contributed by atoms with Gasteiger partial charge in [-0.2, -0.15) is 13.2 Å². The predicted molar refractivity (Wildman–Crippen MR) is 50.8 cm³/mol. The first-order chi connectivity index (χ1) is 7.47. The van der Waals surface area contributed by atoms with Crippen molar-refractivity contribution in [2.24, 2.45) is 0 Å². The van der Waals surface area contributed by atoms with E-state index in [2.05, 4.69) is 9.97 Å². The van der Waals surface area contributed by atoms with Crippen molar-refractivity contribution in [2.45, 2.75) is 6.18 Å². The largest absolute Gasteiger partial charge is 0.433 e. The summed E-state index contributed by atoms with van der Waals surface area (Å²) >= 11 is 0. The normalized spacial score (nSPS) is 11.7. The van der Waals surface area contributed by atoms with Crippen molar-refractivity contribution in [3.63, 3.8) is 0 Å². The van der Waals surface area contributed by atoms with E-state index in [-0.39, 0.29) is 11.5 Å². The zero-order valence-electron chi connectivity index (χ0n) is 7.94. The number of hydrogen-bond acceptors (Lipinski definition) is 3. The fraction of sp³-hybridized carbons (Fsp3) is 0.111. The van der Waals surface area contributed by atoms with E-state index < -0.39 is 11.9 Å². The number of anilines is 1. The van der Waals surface area contributed by atoms with Crippen LogP contribution in [0.15, 0.2) is 30.9 Å². The fourth-order valence-corrected chi connectivity index (χ4v) is 1.21. The predicted octanol–water partition coefficient (Wildman–Crippen LogP) is 1.87. The lowest BCUT2D eigenvalue weighted by Crippen LogP contribution is -2.11. The van der Waals surface area contributed by atoms with Gasteiger partial charge in [0.05, 0.1) is 0 Å². The van der Waals surface area contributed by atoms with Crippen molar-refractivity contribution in [2.75, 3.05) is 5.73 Å². The van der Waals surface area contributed by atoms with Crippen molar-refractivity contribution in [3.05, 3.63) is 36.5 Å². The first kappa shape index (κ1) is 10.5. The molecule has 0 saturated carbocycles. The van der Waals surface area contributed by atoms with Gasteiger partial charge in [0.25, 0.3) is 0 Å². The third-order valence-corrected chi connectivity index (χ3v) is 1.89. The Balaban J connectivity index is 2.53. The second kappa shape index (κ2) is 3.51. The molecular weight excluding hydrogens is 221 g/mol. The minimum atomic E-state index is -4.51. The monoisotopic (exact) mass is 228 g/mol. The number of rotatable bonds is 1. The molecule has 0 saturated heterocycles. The molecule has 0 fully saturated rings. The van der Waals surface area contributed by atoms with Crippen molar-refractivity contribution >= 4 is 5.69 Å². The molecule has 0 aromatic carbocycles. The first-order valence-electron chi connectivity index (χ1n) is 4.30. The third kappa shape index (κ3) is 1.97. The van der Waals surface area contributed by atoms with E-state index in [0.29, 0.717) is 0 Å². The Morgan fingerprint density at radius 1 is 1.25 bits per heavy atom. The fourth-order valence-electron chi connectivity index (χ4n) is 1.21. The highest BCUT2D eigenvalue weighted by molar-refractivity contribution is 5.45. The molecule has 0 radical (unpaired) electrons. The average Bonchev–Trinajstić information content (AvgIpc) is 2.68. The zero-order chi connectivity index (χ0) is 11.8. The topological polar surface area (TPSA) is 56.7 Å². The molecule has 0 aliphatic heterocycles. The second-order valence-corrected chi connectivity index (χ2v) is 3.11. The molecule has 0 atom stereocenters. The number of pyridine rings is 1. The molecular formula is C9H7F3N4. The van der Waals surface area contributed by atoms with Gasteiger partial charge in [-0.1, -0.05) is 0 Å². The molecule has 0 aliphatic rings. The van der Waals surface area contributed by atoms with Gasteiger partial charge in [-0.25, -0.2) is 9.97 Å². The summed E-state index contributed by atoms with van der Waals surface area (Å²) in [5.74, 6) is 0.0878. The number of nitrogens with two attached hydrogens (primary N) is 1. The summed E-state index contributed by atoms with van der Waals surface area (Å²) in [4.78, 5) is 7.19. The minimum absolute atomic E-state index is 0.00558. The molecule has 2 aromatic rings. The Labute approximate surface area is 88.5 Å². The highest BCUT2D eigenvalue weighted by Gasteiger charge is 2.33. The van der Waals surface area contributed by atoms with E-state index in [9.17, 15) is 13.2 Å². The quantitative estimate of drug-likeness (QED) is 0.810. The summed E-state index contributed by atoms with van der Waals surface area (Å²) in [6.45, 7) is 0. The molecule has 0 bridgehead atoms. The molecule has 0 spiro atoms. The van der Waals surface area contributed by atoms with E-state index in [0.717, 1.165) is 6.07 Å². The van der Waals surface area contributed by atoms with Gasteiger partial charge in [0.1, 0.15) is 17.8 Å². The Morgan fingerprint density at radius 3 is 2.56 bits per heavy atom. The van der Waals surface area contributed by atoms with Crippen LogP contribution in [0.2, 0.25) is 0 Å². The number of nitrogens with zero attached hydrogens (tertiary/aromatic N) is 3. The van der Waals surface area contributed by atoms with E-state index in [1.54, 1.807) is 0 Å². The van der Waals surface area contributed by atoms with Gasteiger partial charge >= 0.3 is 6.18 Å². The van der Waals surface area contributed by atoms with Gasteiger partial charge in [-0.05, 0) is 6.07 Å². The number of alkyl halides is 3. The summed E-state index contributed by atoms with van der Waals surface area (Å²) in [5.41, 5.74) is 4.38. The Hall–Kier alpha value is -2.05. The number of aromatic nitrogens is 3. The van der Waals surface area contributed by atoms with E-state index in [4.69, 9.17) is 5.73 Å². The van der Waals surface area contributed by atoms with Gasteiger partial charge in [-0.3, -0.25) is 4.57 Å². The lowest BCUT2D eigenvalue weighted by molar-refractivity contribution is -0.141. The minimum Gasteiger partial charge on any atom is -0.399 e. The maximum atomic E-state index is 12.4. The standard InChI is InChI=1S/C9H7F3N4/c10-9(11,12)7-3-6(13)4-8(15-7)16-2-1-14-5-16/h1-5H,(H2,13,15). The summed E-state index contributed by atoms with van der Waals surface area (Å²) in [7, 11) is 0. The molecule has 7 heteroatoms. The summed E-state index contributed by atoms with van der Waals surface area (Å²) < 4.78 is 38.7. The number of hydrogen-bond donors (Lipinski definition) is 1. The van der Waals surface area contributed by atoms with Gasteiger partial charge in [0.15, 0.2) is 0 Å². The summed E-state index contributed by atoms with van der Waals surface area (Å²) in [6.07, 6.45) is -0.229. The van der Waals surface area contributed by atoms with Crippen LogP contribution < -0.4 is 5.73 Å². The van der Waals surface area contributed by atoms with Crippen molar-refractivity contribution < 1.29 is 13.2 Å². The SMILES string of the molecule is Nc1cc(-n2ccnc2)nc(C(F)(F)F)c1. The lowest BCUT2D eigenvalue weighted by atomic mass is 10.3. The zero-order valence-corrected chi connectivity index (χ0v) is 7.94. The van der Waals surface area contributed by atoms with Crippen LogP contribution in [-0.2, 0) is 6.18 Å². The molecule has 0 aliphatic carbocycles. The smallest absolute Gasteiger partial charge is 0.399 e. The maximum Gasteiger partial charge on any atom is 0.433 e. The van der Waals surface area contributed by atoms with Gasteiger partial charge in [0, 0.05) is 24.1 Å². The van der Waals surface area contributed by atoms with Gasteiger partial charge < -0.3 is 5.73 Å². The second-order valence-electron chi connectivity index (χ2n) is 3.11. The molecule has 4 nitrogen and oxygen atoms in total. The van der Waals surface area contributed by atoms with Crippen LogP contribution in [0, 0.1) is 0 Å². The van der Waals surface area contributed by atoms with E-state index >= 15 is 0 Å². The van der Waals surface area contributed by atoms with E-state index in [1.807, 2.05) is 0 Å². The van der Waals surface area contributed by atoms with Gasteiger partial charge in [-0.15, -0.1) is 0 Å². The maximum absolute atomic E-state index is 12.4. The average molecular weight is 228 g/mol. The summed E-state index contributed by atoms with van der Waals surface area (Å²) in [5, 5.41) is 0. The van der Waals surface area contributed by atoms with Crippen LogP contribution in [0.4, 0.5) is 18.9 Å². The molecule has 2 heterocycles. The van der Waals surface area contributed by atoms with Crippen molar-refractivity contribution in [1.29, 1.82) is 0 Å². The van der Waals surface area contributed by atoms with Crippen LogP contribution in [0.1, 0.15) is 5.69 Å². The number of halogens is 3. The molecule has 16 heavy (non-hydrogen) atoms. The lowest BCUT2D eigenvalue weighted by Gasteiger charge is -2.09. The molecule has 84 valence electrons. The first-order valence-corrected chi connectivity index (χ1v) is 4.30. The Bertz CT molecular complexity index is 490. The highest BCUT2D eigenvalue weighted by Crippen LogP contribution is 2.29. The Kier molecular flexibility index (Phi) is 2.30. The Morgan fingerprint density at radius 2 is 2.00 bits per heavy atom. The third-order valence-electron chi connectivity index (χ3n) is 1.89. The van der Waals surface area contributed by atoms with Crippen LogP contribution >= 0.6 is 0 Å². The van der Waals surface area contributed by atoms with E-state index in [1.165, 1.54) is 29.4 Å². The van der Waals surface area contributed by atoms with Crippen molar-refractivity contribution in [3.8, 4) is 5.82 Å². The van der Waals surface area contributed by atoms with Crippen LogP contribution in [0.25, 0.3) is 5.82 Å². The van der Waals surface area contributed by atoms with Crippen LogP contribution in [-0.4, -0.2) is 14.5 Å². The molecule has 0 amide bonds. The number of nitrogen functional groups attached to an aromatic ring is 1. The van der Waals surface area contributed by atoms with Crippen LogP contribution in [0.3, 0.4) is 0 Å². The molecule has 0 unspecified atom stereocenters. The van der Waals surface area contributed by atoms with Gasteiger partial charge in [0.2, 0.25) is 0 Å². The van der Waals surface area contributed by atoms with Crippen LogP contribution in [0.5, 0.6) is 0 Å². The highest BCUT2D eigenvalue weighted by atomic mass is 19.4. The summed E-state index contributed by atoms with van der Waals surface area (Å²) in [6, 6.07) is 2.14. The van der Waals surface area contributed by atoms with Crippen molar-refractivity contribution in [1.82, 2.24) is 14.5 Å².